The smallest absolute Gasteiger partial charge is 0.320 e. The predicted molar refractivity (Wildman–Crippen MR) is 46.7 cm³/mol. The molecule has 15 heavy (non-hydrogen) atoms. The van der Waals surface area contributed by atoms with Crippen molar-refractivity contribution in [1.82, 2.24) is 20.9 Å². The lowest BCUT2D eigenvalue weighted by atomic mass is 10.3. The van der Waals surface area contributed by atoms with Crippen LogP contribution in [-0.2, 0) is 4.79 Å². The Balaban J connectivity index is 2.00. The van der Waals surface area contributed by atoms with Crippen molar-refractivity contribution in [3.8, 4) is 0 Å². The van der Waals surface area contributed by atoms with Gasteiger partial charge in [0.1, 0.15) is 12.3 Å². The molecule has 0 saturated carbocycles. The van der Waals surface area contributed by atoms with Crippen molar-refractivity contribution >= 4 is 18.0 Å². The highest BCUT2D eigenvalue weighted by Crippen LogP contribution is 2.13. The fourth-order valence-corrected chi connectivity index (χ4v) is 1.65. The molecule has 0 radical (unpaired) electrons. The first-order chi connectivity index (χ1) is 7.08. The van der Waals surface area contributed by atoms with Crippen molar-refractivity contribution < 1.29 is 19.5 Å². The zero-order valence-electron chi connectivity index (χ0n) is 7.69. The number of nitrogens with one attached hydrogen (secondary N) is 3. The number of carboxylic acids is 1. The molecule has 2 atom stereocenters. The minimum absolute atomic E-state index is 0.0737. The third-order valence-electron chi connectivity index (χ3n) is 2.32. The number of urea groups is 2. The molecule has 2 heterocycles. The molecule has 0 unspecified atom stereocenters. The molecule has 4 amide bonds. The van der Waals surface area contributed by atoms with Gasteiger partial charge in [-0.3, -0.25) is 9.69 Å². The van der Waals surface area contributed by atoms with Gasteiger partial charge in [-0.15, -0.1) is 0 Å². The Kier molecular flexibility index (Phi) is 2.10. The normalized spacial score (nSPS) is 28.1. The zero-order valence-corrected chi connectivity index (χ0v) is 7.69. The van der Waals surface area contributed by atoms with E-state index in [1.165, 1.54) is 4.90 Å². The maximum Gasteiger partial charge on any atom is 0.320 e. The average molecular weight is 214 g/mol. The summed E-state index contributed by atoms with van der Waals surface area (Å²) < 4.78 is 0. The highest BCUT2D eigenvalue weighted by molar-refractivity contribution is 5.85. The summed E-state index contributed by atoms with van der Waals surface area (Å²) in [5, 5.41) is 16.0. The van der Waals surface area contributed by atoms with Crippen molar-refractivity contribution in [2.24, 2.45) is 0 Å². The lowest BCUT2D eigenvalue weighted by molar-refractivity contribution is -0.137. The Labute approximate surface area is 84.6 Å². The second-order valence-electron chi connectivity index (χ2n) is 3.33. The van der Waals surface area contributed by atoms with Crippen LogP contribution in [0.25, 0.3) is 0 Å². The Morgan fingerprint density at radius 2 is 2.07 bits per heavy atom. The summed E-state index contributed by atoms with van der Waals surface area (Å²) in [6, 6.07) is -0.746. The summed E-state index contributed by atoms with van der Waals surface area (Å²) >= 11 is 0. The van der Waals surface area contributed by atoms with Crippen LogP contribution in [0.4, 0.5) is 9.59 Å². The van der Waals surface area contributed by atoms with Crippen molar-refractivity contribution in [2.45, 2.75) is 18.8 Å². The molecule has 0 bridgehead atoms. The van der Waals surface area contributed by atoms with E-state index >= 15 is 0 Å². The molecule has 2 aliphatic heterocycles. The van der Waals surface area contributed by atoms with Crippen LogP contribution in [0.1, 0.15) is 6.42 Å². The molecule has 8 nitrogen and oxygen atoms in total. The number of amides is 4. The third kappa shape index (κ3) is 1.65. The molecule has 2 fully saturated rings. The standard InChI is InChI=1S/C7H10N4O4/c12-3(13)1-2-11-5-4(9-7(11)15)8-6(14)10-5/h4-5H,1-2H2,(H,9,15)(H,12,13)(H2,8,10,14)/t4-,5-/m1/s1. The summed E-state index contributed by atoms with van der Waals surface area (Å²) in [7, 11) is 0. The van der Waals surface area contributed by atoms with E-state index < -0.39 is 18.3 Å². The zero-order chi connectivity index (χ0) is 11.0. The number of nitrogens with zero attached hydrogens (tertiary/aromatic N) is 1. The number of carboxylic acid groups (broad SMARTS) is 1. The van der Waals surface area contributed by atoms with Gasteiger partial charge < -0.3 is 21.1 Å². The lowest BCUT2D eigenvalue weighted by Crippen LogP contribution is -2.44. The van der Waals surface area contributed by atoms with Crippen LogP contribution >= 0.6 is 0 Å². The minimum Gasteiger partial charge on any atom is -0.481 e. The summed E-state index contributed by atoms with van der Waals surface area (Å²) in [6.45, 7) is 0.0737. The van der Waals surface area contributed by atoms with Gasteiger partial charge in [0.25, 0.3) is 0 Å². The number of rotatable bonds is 3. The summed E-state index contributed by atoms with van der Waals surface area (Å²) in [4.78, 5) is 33.9. The predicted octanol–water partition coefficient (Wildman–Crippen LogP) is -1.55. The highest BCUT2D eigenvalue weighted by atomic mass is 16.4. The number of fused-ring (bicyclic) bond motifs is 1. The van der Waals surface area contributed by atoms with Crippen molar-refractivity contribution in [3.05, 3.63) is 0 Å². The van der Waals surface area contributed by atoms with E-state index in [1.807, 2.05) is 0 Å². The number of carbonyl (C=O) groups is 3. The van der Waals surface area contributed by atoms with Gasteiger partial charge in [-0.05, 0) is 0 Å². The topological polar surface area (TPSA) is 111 Å². The molecule has 0 aromatic heterocycles. The monoisotopic (exact) mass is 214 g/mol. The van der Waals surface area contributed by atoms with Crippen LogP contribution in [0.15, 0.2) is 0 Å². The Hall–Kier alpha value is -1.99. The maximum absolute atomic E-state index is 11.3. The van der Waals surface area contributed by atoms with Crippen LogP contribution in [-0.4, -0.2) is 46.9 Å². The SMILES string of the molecule is O=C(O)CCN1C(=O)N[C@H]2NC(=O)N[C@@H]21. The van der Waals surface area contributed by atoms with Gasteiger partial charge in [-0.1, -0.05) is 0 Å². The first-order valence-corrected chi connectivity index (χ1v) is 4.44. The number of carbonyl (C=O) groups excluding carboxylic acids is 2. The molecule has 0 aromatic carbocycles. The molecule has 0 aromatic rings. The van der Waals surface area contributed by atoms with E-state index in [-0.39, 0.29) is 25.0 Å². The van der Waals surface area contributed by atoms with E-state index in [9.17, 15) is 14.4 Å². The van der Waals surface area contributed by atoms with E-state index in [1.54, 1.807) is 0 Å². The number of hydrogen-bond donors (Lipinski definition) is 4. The molecule has 2 aliphatic rings. The molecule has 0 aliphatic carbocycles. The summed E-state index contributed by atoms with van der Waals surface area (Å²) in [5.41, 5.74) is 0. The molecule has 2 rings (SSSR count). The van der Waals surface area contributed by atoms with Gasteiger partial charge in [0.05, 0.1) is 6.42 Å². The van der Waals surface area contributed by atoms with Crippen molar-refractivity contribution in [2.75, 3.05) is 6.54 Å². The van der Waals surface area contributed by atoms with Gasteiger partial charge in [-0.25, -0.2) is 9.59 Å². The fraction of sp³-hybridized carbons (Fsp3) is 0.571. The summed E-state index contributed by atoms with van der Waals surface area (Å²) in [5.74, 6) is -0.983. The van der Waals surface area contributed by atoms with Gasteiger partial charge in [0, 0.05) is 6.54 Å². The van der Waals surface area contributed by atoms with Crippen LogP contribution in [0.2, 0.25) is 0 Å². The molecule has 0 spiro atoms. The van der Waals surface area contributed by atoms with E-state index in [0.29, 0.717) is 0 Å². The minimum atomic E-state index is -0.983. The van der Waals surface area contributed by atoms with Crippen molar-refractivity contribution in [3.63, 3.8) is 0 Å². The quantitative estimate of drug-likeness (QED) is 0.455. The molecule has 82 valence electrons. The van der Waals surface area contributed by atoms with Gasteiger partial charge in [0.2, 0.25) is 0 Å². The Bertz CT molecular complexity index is 331. The fourth-order valence-electron chi connectivity index (χ4n) is 1.65. The molecule has 8 heteroatoms. The second kappa shape index (κ2) is 3.30. The number of aliphatic carboxylic acids is 1. The Morgan fingerprint density at radius 1 is 1.33 bits per heavy atom. The molecule has 4 N–H and O–H groups in total. The first-order valence-electron chi connectivity index (χ1n) is 4.44. The third-order valence-corrected chi connectivity index (χ3v) is 2.32. The molecule has 2 saturated heterocycles. The van der Waals surface area contributed by atoms with Crippen LogP contribution in [0.5, 0.6) is 0 Å². The largest absolute Gasteiger partial charge is 0.481 e. The number of hydrogen-bond acceptors (Lipinski definition) is 3. The van der Waals surface area contributed by atoms with Crippen LogP contribution in [0.3, 0.4) is 0 Å². The highest BCUT2D eigenvalue weighted by Gasteiger charge is 2.45. The van der Waals surface area contributed by atoms with Gasteiger partial charge in [-0.2, -0.15) is 0 Å². The Morgan fingerprint density at radius 3 is 2.73 bits per heavy atom. The first kappa shape index (κ1) is 9.56. The van der Waals surface area contributed by atoms with Gasteiger partial charge in [0.15, 0.2) is 0 Å². The van der Waals surface area contributed by atoms with Crippen LogP contribution < -0.4 is 16.0 Å². The van der Waals surface area contributed by atoms with E-state index in [4.69, 9.17) is 5.11 Å². The van der Waals surface area contributed by atoms with Crippen LogP contribution in [0, 0.1) is 0 Å². The molecular formula is C7H10N4O4. The van der Waals surface area contributed by atoms with E-state index in [2.05, 4.69) is 16.0 Å². The lowest BCUT2D eigenvalue weighted by Gasteiger charge is -2.19. The summed E-state index contributed by atoms with van der Waals surface area (Å²) in [6.07, 6.45) is -1.12. The maximum atomic E-state index is 11.3. The van der Waals surface area contributed by atoms with Gasteiger partial charge >= 0.3 is 18.0 Å². The van der Waals surface area contributed by atoms with E-state index in [0.717, 1.165) is 0 Å². The second-order valence-corrected chi connectivity index (χ2v) is 3.33. The molecular weight excluding hydrogens is 204 g/mol. The average Bonchev–Trinajstić information content (AvgIpc) is 2.57. The van der Waals surface area contributed by atoms with Crippen molar-refractivity contribution in [1.29, 1.82) is 0 Å².